The van der Waals surface area contributed by atoms with Gasteiger partial charge < -0.3 is 14.4 Å². The summed E-state index contributed by atoms with van der Waals surface area (Å²) in [6.07, 6.45) is 0.514. The maximum Gasteiger partial charge on any atom is 0.307 e. The summed E-state index contributed by atoms with van der Waals surface area (Å²) < 4.78 is 9.71. The lowest BCUT2D eigenvalue weighted by molar-refractivity contribution is -0.141. The summed E-state index contributed by atoms with van der Waals surface area (Å²) in [5, 5.41) is 0. The molecule has 0 bridgehead atoms. The van der Waals surface area contributed by atoms with Crippen LogP contribution in [0.2, 0.25) is 0 Å². The Kier molecular flexibility index (Phi) is 6.56. The molecule has 1 aromatic carbocycles. The topological polar surface area (TPSA) is 55.8 Å². The fraction of sp³-hybridized carbons (Fsp3) is 0.467. The number of carbonyl (C=O) groups excluding carboxylic acids is 2. The molecule has 5 nitrogen and oxygen atoms in total. The van der Waals surface area contributed by atoms with Gasteiger partial charge in [0.2, 0.25) is 5.91 Å². The number of esters is 1. The minimum atomic E-state index is -0.308. The van der Waals surface area contributed by atoms with Gasteiger partial charge in [-0.05, 0) is 24.6 Å². The molecule has 0 unspecified atom stereocenters. The predicted molar refractivity (Wildman–Crippen MR) is 75.6 cm³/mol. The Morgan fingerprint density at radius 2 is 2.00 bits per heavy atom. The standard InChI is InChI=1S/C15H21NO4/c1-4-16(9-8-15(18)20-3)14(17)11-12-6-5-7-13(10-12)19-2/h5-7,10H,4,8-9,11H2,1-3H3. The highest BCUT2D eigenvalue weighted by Gasteiger charge is 2.14. The van der Waals surface area contributed by atoms with Crippen molar-refractivity contribution in [2.75, 3.05) is 27.3 Å². The maximum absolute atomic E-state index is 12.2. The van der Waals surface area contributed by atoms with Crippen LogP contribution in [0, 0.1) is 0 Å². The van der Waals surface area contributed by atoms with Crippen molar-refractivity contribution in [1.29, 1.82) is 0 Å². The molecule has 1 rings (SSSR count). The van der Waals surface area contributed by atoms with Gasteiger partial charge in [-0.15, -0.1) is 0 Å². The zero-order chi connectivity index (χ0) is 15.0. The number of amides is 1. The van der Waals surface area contributed by atoms with Gasteiger partial charge in [0.25, 0.3) is 0 Å². The van der Waals surface area contributed by atoms with Gasteiger partial charge in [-0.3, -0.25) is 9.59 Å². The fourth-order valence-corrected chi connectivity index (χ4v) is 1.86. The average Bonchev–Trinajstić information content (AvgIpc) is 2.47. The van der Waals surface area contributed by atoms with Gasteiger partial charge in [0.05, 0.1) is 27.1 Å². The van der Waals surface area contributed by atoms with Gasteiger partial charge in [0.15, 0.2) is 0 Å². The normalized spacial score (nSPS) is 9.95. The van der Waals surface area contributed by atoms with E-state index < -0.39 is 0 Å². The van der Waals surface area contributed by atoms with E-state index in [1.165, 1.54) is 7.11 Å². The van der Waals surface area contributed by atoms with E-state index >= 15 is 0 Å². The van der Waals surface area contributed by atoms with Crippen LogP contribution < -0.4 is 4.74 Å². The van der Waals surface area contributed by atoms with Gasteiger partial charge >= 0.3 is 5.97 Å². The Bertz CT molecular complexity index is 459. The molecule has 1 amide bonds. The molecule has 0 heterocycles. The molecule has 110 valence electrons. The second kappa shape index (κ2) is 8.19. The van der Waals surface area contributed by atoms with E-state index in [1.807, 2.05) is 31.2 Å². The number of hydrogen-bond donors (Lipinski definition) is 0. The number of hydrogen-bond acceptors (Lipinski definition) is 4. The molecule has 0 aromatic heterocycles. The highest BCUT2D eigenvalue weighted by atomic mass is 16.5. The first-order valence-electron chi connectivity index (χ1n) is 6.58. The largest absolute Gasteiger partial charge is 0.497 e. The van der Waals surface area contributed by atoms with E-state index in [9.17, 15) is 9.59 Å². The predicted octanol–water partition coefficient (Wildman–Crippen LogP) is 1.65. The molecule has 0 atom stereocenters. The molecule has 0 aliphatic carbocycles. The van der Waals surface area contributed by atoms with E-state index in [1.54, 1.807) is 12.0 Å². The van der Waals surface area contributed by atoms with E-state index in [-0.39, 0.29) is 18.3 Å². The number of benzene rings is 1. The van der Waals surface area contributed by atoms with Crippen molar-refractivity contribution in [3.8, 4) is 5.75 Å². The molecule has 5 heteroatoms. The van der Waals surface area contributed by atoms with Crippen LogP contribution in [0.4, 0.5) is 0 Å². The third-order valence-electron chi connectivity index (χ3n) is 3.04. The fourth-order valence-electron chi connectivity index (χ4n) is 1.86. The molecular formula is C15H21NO4. The Morgan fingerprint density at radius 3 is 2.60 bits per heavy atom. The molecule has 0 saturated carbocycles. The molecule has 0 spiro atoms. The van der Waals surface area contributed by atoms with E-state index in [0.717, 1.165) is 11.3 Å². The van der Waals surface area contributed by atoms with Crippen molar-refractivity contribution in [2.24, 2.45) is 0 Å². The summed E-state index contributed by atoms with van der Waals surface area (Å²) in [6.45, 7) is 2.84. The summed E-state index contributed by atoms with van der Waals surface area (Å²) in [5.41, 5.74) is 0.894. The first kappa shape index (κ1) is 16.0. The van der Waals surface area contributed by atoms with Gasteiger partial charge in [-0.1, -0.05) is 12.1 Å². The second-order valence-corrected chi connectivity index (χ2v) is 4.33. The van der Waals surface area contributed by atoms with Crippen LogP contribution in [0.15, 0.2) is 24.3 Å². The highest BCUT2D eigenvalue weighted by molar-refractivity contribution is 5.79. The van der Waals surface area contributed by atoms with Crippen LogP contribution in [-0.2, 0) is 20.7 Å². The third kappa shape index (κ3) is 4.91. The first-order valence-corrected chi connectivity index (χ1v) is 6.58. The summed E-state index contributed by atoms with van der Waals surface area (Å²) in [5.74, 6) is 0.412. The van der Waals surface area contributed by atoms with Gasteiger partial charge in [-0.2, -0.15) is 0 Å². The smallest absolute Gasteiger partial charge is 0.307 e. The van der Waals surface area contributed by atoms with Gasteiger partial charge in [0, 0.05) is 13.1 Å². The molecular weight excluding hydrogens is 258 g/mol. The highest BCUT2D eigenvalue weighted by Crippen LogP contribution is 2.13. The van der Waals surface area contributed by atoms with Crippen LogP contribution in [-0.4, -0.2) is 44.1 Å². The van der Waals surface area contributed by atoms with E-state index in [4.69, 9.17) is 4.74 Å². The zero-order valence-corrected chi connectivity index (χ0v) is 12.2. The molecule has 20 heavy (non-hydrogen) atoms. The van der Waals surface area contributed by atoms with E-state index in [0.29, 0.717) is 19.5 Å². The van der Waals surface area contributed by atoms with Crippen LogP contribution in [0.1, 0.15) is 18.9 Å². The van der Waals surface area contributed by atoms with Crippen molar-refractivity contribution in [2.45, 2.75) is 19.8 Å². The van der Waals surface area contributed by atoms with Crippen molar-refractivity contribution < 1.29 is 19.1 Å². The Balaban J connectivity index is 2.60. The summed E-state index contributed by atoms with van der Waals surface area (Å²) >= 11 is 0. The first-order chi connectivity index (χ1) is 9.60. The lowest BCUT2D eigenvalue weighted by Crippen LogP contribution is -2.34. The number of likely N-dealkylation sites (N-methyl/N-ethyl adjacent to an activating group) is 1. The third-order valence-corrected chi connectivity index (χ3v) is 3.04. The second-order valence-electron chi connectivity index (χ2n) is 4.33. The SMILES string of the molecule is CCN(CCC(=O)OC)C(=O)Cc1cccc(OC)c1. The number of methoxy groups -OCH3 is 2. The Labute approximate surface area is 119 Å². The van der Waals surface area contributed by atoms with Gasteiger partial charge in [0.1, 0.15) is 5.75 Å². The quantitative estimate of drug-likeness (QED) is 0.712. The van der Waals surface area contributed by atoms with Gasteiger partial charge in [-0.25, -0.2) is 0 Å². The maximum atomic E-state index is 12.2. The summed E-state index contributed by atoms with van der Waals surface area (Å²) in [6, 6.07) is 7.41. The minimum absolute atomic E-state index is 0.00958. The number of ether oxygens (including phenoxy) is 2. The molecule has 0 aliphatic heterocycles. The monoisotopic (exact) mass is 279 g/mol. The summed E-state index contributed by atoms with van der Waals surface area (Å²) in [4.78, 5) is 24.9. The molecule has 0 fully saturated rings. The minimum Gasteiger partial charge on any atom is -0.497 e. The van der Waals surface area contributed by atoms with Crippen LogP contribution >= 0.6 is 0 Å². The van der Waals surface area contributed by atoms with E-state index in [2.05, 4.69) is 4.74 Å². The van der Waals surface area contributed by atoms with Crippen LogP contribution in [0.5, 0.6) is 5.75 Å². The molecule has 0 aliphatic rings. The zero-order valence-electron chi connectivity index (χ0n) is 12.2. The number of carbonyl (C=O) groups is 2. The van der Waals surface area contributed by atoms with Crippen molar-refractivity contribution >= 4 is 11.9 Å². The van der Waals surface area contributed by atoms with Crippen LogP contribution in [0.3, 0.4) is 0 Å². The molecule has 0 N–H and O–H groups in total. The molecule has 1 aromatic rings. The number of rotatable bonds is 7. The van der Waals surface area contributed by atoms with Crippen molar-refractivity contribution in [3.63, 3.8) is 0 Å². The molecule has 0 saturated heterocycles. The average molecular weight is 279 g/mol. The lowest BCUT2D eigenvalue weighted by Gasteiger charge is -2.20. The van der Waals surface area contributed by atoms with Crippen molar-refractivity contribution in [3.05, 3.63) is 29.8 Å². The molecule has 0 radical (unpaired) electrons. The Morgan fingerprint density at radius 1 is 1.25 bits per heavy atom. The Hall–Kier alpha value is -2.04. The summed E-state index contributed by atoms with van der Waals surface area (Å²) in [7, 11) is 2.94. The number of nitrogens with zero attached hydrogens (tertiary/aromatic N) is 1. The lowest BCUT2D eigenvalue weighted by atomic mass is 10.1. The van der Waals surface area contributed by atoms with Crippen LogP contribution in [0.25, 0.3) is 0 Å². The van der Waals surface area contributed by atoms with Crippen molar-refractivity contribution in [1.82, 2.24) is 4.90 Å².